The van der Waals surface area contributed by atoms with E-state index in [2.05, 4.69) is 15.5 Å². The Hall–Kier alpha value is -3.78. The van der Waals surface area contributed by atoms with Gasteiger partial charge in [-0.05, 0) is 61.0 Å². The molecule has 8 heteroatoms. The van der Waals surface area contributed by atoms with Crippen LogP contribution in [0.3, 0.4) is 0 Å². The fourth-order valence-electron chi connectivity index (χ4n) is 3.35. The van der Waals surface area contributed by atoms with Gasteiger partial charge in [-0.3, -0.25) is 9.36 Å². The van der Waals surface area contributed by atoms with Gasteiger partial charge in [-0.15, -0.1) is 10.2 Å². The lowest BCUT2D eigenvalue weighted by molar-refractivity contribution is -0.118. The third kappa shape index (κ3) is 5.77. The first kappa shape index (κ1) is 23.4. The molecule has 0 saturated carbocycles. The zero-order valence-corrected chi connectivity index (χ0v) is 19.9. The van der Waals surface area contributed by atoms with E-state index in [1.165, 1.54) is 11.8 Å². The van der Waals surface area contributed by atoms with Crippen LogP contribution in [0.4, 0.5) is 0 Å². The highest BCUT2D eigenvalue weighted by molar-refractivity contribution is 7.99. The summed E-state index contributed by atoms with van der Waals surface area (Å²) < 4.78 is 12.7. The molecule has 1 heterocycles. The van der Waals surface area contributed by atoms with Crippen LogP contribution in [-0.2, 0) is 11.3 Å². The molecule has 1 amide bonds. The van der Waals surface area contributed by atoms with Crippen LogP contribution in [0.25, 0.3) is 17.1 Å². The number of nitrogens with one attached hydrogen (secondary N) is 1. The minimum Gasteiger partial charge on any atom is -0.497 e. The van der Waals surface area contributed by atoms with Crippen molar-refractivity contribution in [2.45, 2.75) is 18.6 Å². The fourth-order valence-corrected chi connectivity index (χ4v) is 4.13. The smallest absolute Gasteiger partial charge is 0.230 e. The average molecular weight is 475 g/mol. The molecule has 0 aliphatic rings. The molecule has 0 atom stereocenters. The number of methoxy groups -OCH3 is 1. The summed E-state index contributed by atoms with van der Waals surface area (Å²) in [5.74, 6) is 2.44. The Bertz CT molecular complexity index is 1210. The Labute approximate surface area is 203 Å². The quantitative estimate of drug-likeness (QED) is 0.334. The number of amides is 1. The van der Waals surface area contributed by atoms with Gasteiger partial charge < -0.3 is 14.8 Å². The molecule has 0 fully saturated rings. The van der Waals surface area contributed by atoms with Crippen molar-refractivity contribution in [2.75, 3.05) is 19.5 Å². The normalized spacial score (nSPS) is 10.6. The number of carbonyl (C=O) groups is 1. The highest BCUT2D eigenvalue weighted by Gasteiger charge is 2.17. The molecule has 0 spiro atoms. The summed E-state index contributed by atoms with van der Waals surface area (Å²) in [4.78, 5) is 12.5. The number of carbonyl (C=O) groups excluding carboxylic acids is 1. The number of aromatic nitrogens is 3. The molecular formula is C26H26N4O3S. The van der Waals surface area contributed by atoms with Crippen molar-refractivity contribution < 1.29 is 14.3 Å². The van der Waals surface area contributed by atoms with E-state index in [0.717, 1.165) is 28.3 Å². The lowest BCUT2D eigenvalue weighted by atomic mass is 10.2. The minimum absolute atomic E-state index is 0.0777. The first-order valence-electron chi connectivity index (χ1n) is 10.9. The largest absolute Gasteiger partial charge is 0.497 e. The van der Waals surface area contributed by atoms with Gasteiger partial charge in [0.15, 0.2) is 11.0 Å². The number of ether oxygens (including phenoxy) is 2. The molecule has 7 nitrogen and oxygen atoms in total. The Balaban J connectivity index is 1.48. The SMILES string of the molecule is CCOc1ccc(-c2nnc(SCC(=O)NCc3ccc(OC)cc3)n2-c2ccccc2)cc1. The summed E-state index contributed by atoms with van der Waals surface area (Å²) in [6.45, 7) is 3.02. The van der Waals surface area contributed by atoms with E-state index in [4.69, 9.17) is 9.47 Å². The number of hydrogen-bond donors (Lipinski definition) is 1. The van der Waals surface area contributed by atoms with Crippen LogP contribution in [0.1, 0.15) is 12.5 Å². The molecule has 34 heavy (non-hydrogen) atoms. The van der Waals surface area contributed by atoms with Gasteiger partial charge >= 0.3 is 0 Å². The van der Waals surface area contributed by atoms with E-state index in [0.29, 0.717) is 24.1 Å². The van der Waals surface area contributed by atoms with Gasteiger partial charge in [0, 0.05) is 17.8 Å². The van der Waals surface area contributed by atoms with Crippen LogP contribution < -0.4 is 14.8 Å². The second kappa shape index (κ2) is 11.4. The maximum Gasteiger partial charge on any atom is 0.230 e. The molecule has 0 unspecified atom stereocenters. The van der Waals surface area contributed by atoms with E-state index in [1.807, 2.05) is 90.4 Å². The summed E-state index contributed by atoms with van der Waals surface area (Å²) >= 11 is 1.35. The van der Waals surface area contributed by atoms with Gasteiger partial charge in [0.2, 0.25) is 5.91 Å². The Morgan fingerprint density at radius 2 is 1.65 bits per heavy atom. The maximum atomic E-state index is 12.5. The van der Waals surface area contributed by atoms with Crippen LogP contribution in [-0.4, -0.2) is 40.1 Å². The summed E-state index contributed by atoms with van der Waals surface area (Å²) in [6.07, 6.45) is 0. The highest BCUT2D eigenvalue weighted by atomic mass is 32.2. The maximum absolute atomic E-state index is 12.5. The molecular weight excluding hydrogens is 448 g/mol. The monoisotopic (exact) mass is 474 g/mol. The van der Waals surface area contributed by atoms with Crippen molar-refractivity contribution in [3.05, 3.63) is 84.4 Å². The molecule has 0 aliphatic carbocycles. The van der Waals surface area contributed by atoms with Crippen molar-refractivity contribution in [1.82, 2.24) is 20.1 Å². The van der Waals surface area contributed by atoms with Gasteiger partial charge in [-0.1, -0.05) is 42.1 Å². The second-order valence-corrected chi connectivity index (χ2v) is 8.29. The van der Waals surface area contributed by atoms with Gasteiger partial charge in [0.05, 0.1) is 19.5 Å². The molecule has 1 aromatic heterocycles. The third-order valence-electron chi connectivity index (χ3n) is 5.05. The number of rotatable bonds is 10. The lowest BCUT2D eigenvalue weighted by Gasteiger charge is -2.11. The van der Waals surface area contributed by atoms with Gasteiger partial charge in [0.1, 0.15) is 11.5 Å². The molecule has 0 bridgehead atoms. The number of hydrogen-bond acceptors (Lipinski definition) is 6. The van der Waals surface area contributed by atoms with Crippen molar-refractivity contribution >= 4 is 17.7 Å². The number of thioether (sulfide) groups is 1. The van der Waals surface area contributed by atoms with Crippen molar-refractivity contribution in [1.29, 1.82) is 0 Å². The van der Waals surface area contributed by atoms with Crippen LogP contribution in [0, 0.1) is 0 Å². The van der Waals surface area contributed by atoms with E-state index in [9.17, 15) is 4.79 Å². The Morgan fingerprint density at radius 1 is 0.941 bits per heavy atom. The summed E-state index contributed by atoms with van der Waals surface area (Å²) in [7, 11) is 1.63. The molecule has 0 saturated heterocycles. The molecule has 1 N–H and O–H groups in total. The molecule has 0 radical (unpaired) electrons. The summed E-state index contributed by atoms with van der Waals surface area (Å²) in [6, 6.07) is 25.3. The minimum atomic E-state index is -0.0777. The van der Waals surface area contributed by atoms with Gasteiger partial charge in [-0.2, -0.15) is 0 Å². The standard InChI is InChI=1S/C26H26N4O3S/c1-3-33-23-15-11-20(12-16-23)25-28-29-26(30(25)21-7-5-4-6-8-21)34-18-24(31)27-17-19-9-13-22(32-2)14-10-19/h4-16H,3,17-18H2,1-2H3,(H,27,31). The molecule has 4 aromatic rings. The number of nitrogens with zero attached hydrogens (tertiary/aromatic N) is 3. The zero-order chi connectivity index (χ0) is 23.8. The van der Waals surface area contributed by atoms with Crippen LogP contribution in [0.2, 0.25) is 0 Å². The lowest BCUT2D eigenvalue weighted by Crippen LogP contribution is -2.24. The summed E-state index contributed by atoms with van der Waals surface area (Å²) in [5.41, 5.74) is 2.84. The molecule has 3 aromatic carbocycles. The predicted molar refractivity (Wildman–Crippen MR) is 134 cm³/mol. The number of benzene rings is 3. The van der Waals surface area contributed by atoms with Gasteiger partial charge in [-0.25, -0.2) is 0 Å². The van der Waals surface area contributed by atoms with Crippen LogP contribution in [0.15, 0.2) is 84.0 Å². The molecule has 4 rings (SSSR count). The van der Waals surface area contributed by atoms with Crippen LogP contribution >= 0.6 is 11.8 Å². The zero-order valence-electron chi connectivity index (χ0n) is 19.1. The van der Waals surface area contributed by atoms with E-state index in [1.54, 1.807) is 7.11 Å². The topological polar surface area (TPSA) is 78.3 Å². The first-order chi connectivity index (χ1) is 16.7. The van der Waals surface area contributed by atoms with E-state index >= 15 is 0 Å². The fraction of sp³-hybridized carbons (Fsp3) is 0.192. The van der Waals surface area contributed by atoms with Crippen molar-refractivity contribution in [2.24, 2.45) is 0 Å². The highest BCUT2D eigenvalue weighted by Crippen LogP contribution is 2.29. The second-order valence-electron chi connectivity index (χ2n) is 7.35. The average Bonchev–Trinajstić information content (AvgIpc) is 3.31. The van der Waals surface area contributed by atoms with Crippen molar-refractivity contribution in [3.63, 3.8) is 0 Å². The van der Waals surface area contributed by atoms with Crippen molar-refractivity contribution in [3.8, 4) is 28.6 Å². The third-order valence-corrected chi connectivity index (χ3v) is 5.98. The van der Waals surface area contributed by atoms with Crippen LogP contribution in [0.5, 0.6) is 11.5 Å². The summed E-state index contributed by atoms with van der Waals surface area (Å²) in [5, 5.41) is 12.4. The first-order valence-corrected chi connectivity index (χ1v) is 11.9. The Kier molecular flexibility index (Phi) is 7.83. The van der Waals surface area contributed by atoms with E-state index < -0.39 is 0 Å². The van der Waals surface area contributed by atoms with Gasteiger partial charge in [0.25, 0.3) is 0 Å². The van der Waals surface area contributed by atoms with E-state index in [-0.39, 0.29) is 11.7 Å². The molecule has 0 aliphatic heterocycles. The Morgan fingerprint density at radius 3 is 2.32 bits per heavy atom. The number of para-hydroxylation sites is 1. The predicted octanol–water partition coefficient (Wildman–Crippen LogP) is 4.75. The molecule has 174 valence electrons.